The summed E-state index contributed by atoms with van der Waals surface area (Å²) in [6.45, 7) is 0. The van der Waals surface area contributed by atoms with Gasteiger partial charge in [-0.2, -0.15) is 0 Å². The number of nitrogens with one attached hydrogen (secondary N) is 1. The molecule has 0 aromatic carbocycles. The number of esters is 1. The molecule has 0 bridgehead atoms. The van der Waals surface area contributed by atoms with E-state index in [1.54, 1.807) is 0 Å². The van der Waals surface area contributed by atoms with Gasteiger partial charge in [0.05, 0.1) is 19.1 Å². The number of hydrogen-bond acceptors (Lipinski definition) is 7. The van der Waals surface area contributed by atoms with E-state index in [9.17, 15) is 24.3 Å². The minimum absolute atomic E-state index is 0.0621. The molecule has 1 unspecified atom stereocenters. The summed E-state index contributed by atoms with van der Waals surface area (Å²) >= 11 is 2.66. The molecule has 3 heterocycles. The highest BCUT2D eigenvalue weighted by molar-refractivity contribution is 8.00. The van der Waals surface area contributed by atoms with E-state index in [-0.39, 0.29) is 29.4 Å². The number of methoxy groups -OCH3 is 1. The number of hydrogen-bond donors (Lipinski definition) is 2. The van der Waals surface area contributed by atoms with Crippen molar-refractivity contribution < 1.29 is 29.0 Å². The number of amides is 2. The molecule has 25 heavy (non-hydrogen) atoms. The van der Waals surface area contributed by atoms with Crippen molar-refractivity contribution in [2.45, 2.75) is 17.8 Å². The predicted molar refractivity (Wildman–Crippen MR) is 89.7 cm³/mol. The van der Waals surface area contributed by atoms with Gasteiger partial charge in [-0.25, -0.2) is 9.59 Å². The van der Waals surface area contributed by atoms with Gasteiger partial charge in [0.15, 0.2) is 0 Å². The van der Waals surface area contributed by atoms with E-state index in [1.165, 1.54) is 23.1 Å². The number of fused-ring (bicyclic) bond motifs is 1. The lowest BCUT2D eigenvalue weighted by Gasteiger charge is -2.49. The molecule has 2 amide bonds. The fourth-order valence-electron chi connectivity index (χ4n) is 2.69. The average molecular weight is 382 g/mol. The number of carboxylic acid groups (broad SMARTS) is 1. The van der Waals surface area contributed by atoms with Crippen LogP contribution in [0.3, 0.4) is 0 Å². The SMILES string of the molecule is COC(=O)C1=C(C(=O)O)N2C(=O)C(NC(=O)Cc3cccs3)[C@@H]2SC1. The second-order valence-corrected chi connectivity index (χ2v) is 7.47. The highest BCUT2D eigenvalue weighted by Crippen LogP contribution is 2.40. The van der Waals surface area contributed by atoms with Crippen molar-refractivity contribution in [3.63, 3.8) is 0 Å². The number of thiophene rings is 1. The number of aliphatic carboxylic acids is 1. The van der Waals surface area contributed by atoms with E-state index in [4.69, 9.17) is 0 Å². The number of β-lactam (4-membered cyclic amide) rings is 1. The zero-order chi connectivity index (χ0) is 18.1. The lowest BCUT2D eigenvalue weighted by Crippen LogP contribution is -2.70. The van der Waals surface area contributed by atoms with Crippen molar-refractivity contribution in [2.75, 3.05) is 12.9 Å². The Morgan fingerprint density at radius 3 is 2.80 bits per heavy atom. The topological polar surface area (TPSA) is 113 Å². The summed E-state index contributed by atoms with van der Waals surface area (Å²) < 4.78 is 4.58. The van der Waals surface area contributed by atoms with Gasteiger partial charge in [-0.15, -0.1) is 23.1 Å². The van der Waals surface area contributed by atoms with Gasteiger partial charge in [-0.3, -0.25) is 14.5 Å². The summed E-state index contributed by atoms with van der Waals surface area (Å²) in [5.41, 5.74) is -0.433. The Kier molecular flexibility index (Phi) is 4.82. The van der Waals surface area contributed by atoms with Crippen molar-refractivity contribution in [3.8, 4) is 0 Å². The summed E-state index contributed by atoms with van der Waals surface area (Å²) in [5, 5.41) is 13.3. The number of nitrogens with zero attached hydrogens (tertiary/aromatic N) is 1. The summed E-state index contributed by atoms with van der Waals surface area (Å²) in [7, 11) is 1.15. The Balaban J connectivity index is 1.74. The van der Waals surface area contributed by atoms with Crippen molar-refractivity contribution >= 4 is 46.9 Å². The zero-order valence-corrected chi connectivity index (χ0v) is 14.7. The third-order valence-electron chi connectivity index (χ3n) is 3.83. The fraction of sp³-hybridized carbons (Fsp3) is 0.333. The molecule has 2 atom stereocenters. The third kappa shape index (κ3) is 3.14. The van der Waals surface area contributed by atoms with Crippen LogP contribution in [0.4, 0.5) is 0 Å². The maximum atomic E-state index is 12.4. The van der Waals surface area contributed by atoms with Gasteiger partial charge < -0.3 is 15.2 Å². The van der Waals surface area contributed by atoms with Crippen LogP contribution in [0.25, 0.3) is 0 Å². The molecule has 2 N–H and O–H groups in total. The number of ether oxygens (including phenoxy) is 1. The van der Waals surface area contributed by atoms with Crippen LogP contribution < -0.4 is 5.32 Å². The predicted octanol–water partition coefficient (Wildman–Crippen LogP) is 0.202. The number of carbonyl (C=O) groups excluding carboxylic acids is 3. The van der Waals surface area contributed by atoms with Gasteiger partial charge in [0.25, 0.3) is 5.91 Å². The van der Waals surface area contributed by atoms with Crippen LogP contribution in [0.2, 0.25) is 0 Å². The largest absolute Gasteiger partial charge is 0.477 e. The molecule has 0 spiro atoms. The van der Waals surface area contributed by atoms with E-state index in [0.29, 0.717) is 0 Å². The second kappa shape index (κ2) is 6.89. The lowest BCUT2D eigenvalue weighted by molar-refractivity contribution is -0.151. The van der Waals surface area contributed by atoms with Gasteiger partial charge in [0.1, 0.15) is 17.1 Å². The molecule has 1 fully saturated rings. The Hall–Kier alpha value is -2.33. The fourth-order valence-corrected chi connectivity index (χ4v) is 4.73. The van der Waals surface area contributed by atoms with Crippen LogP contribution in [0.1, 0.15) is 4.88 Å². The number of thioether (sulfide) groups is 1. The number of carboxylic acids is 1. The molecule has 2 aliphatic heterocycles. The molecule has 1 aromatic heterocycles. The van der Waals surface area contributed by atoms with Gasteiger partial charge in [-0.1, -0.05) is 6.07 Å². The Bertz CT molecular complexity index is 773. The molecule has 1 saturated heterocycles. The summed E-state index contributed by atoms with van der Waals surface area (Å²) in [6.07, 6.45) is 0.161. The Morgan fingerprint density at radius 2 is 2.20 bits per heavy atom. The first-order valence-corrected chi connectivity index (χ1v) is 9.18. The lowest BCUT2D eigenvalue weighted by atomic mass is 10.0. The Labute approximate surface area is 150 Å². The smallest absolute Gasteiger partial charge is 0.353 e. The molecular weight excluding hydrogens is 368 g/mol. The average Bonchev–Trinajstić information content (AvgIpc) is 3.10. The number of carbonyl (C=O) groups is 4. The first kappa shape index (κ1) is 17.5. The Morgan fingerprint density at radius 1 is 1.44 bits per heavy atom. The highest BCUT2D eigenvalue weighted by Gasteiger charge is 2.55. The molecule has 8 nitrogen and oxygen atoms in total. The van der Waals surface area contributed by atoms with Crippen LogP contribution >= 0.6 is 23.1 Å². The van der Waals surface area contributed by atoms with Gasteiger partial charge in [0, 0.05) is 10.6 Å². The van der Waals surface area contributed by atoms with Crippen molar-refractivity contribution in [3.05, 3.63) is 33.7 Å². The standard InChI is InChI=1S/C15H14N2O6S2/c1-23-15(22)8-6-25-13-10(12(19)17(13)11(8)14(20)21)16-9(18)5-7-3-2-4-24-7/h2-4,10,13H,5-6H2,1H3,(H,16,18)(H,20,21)/t10?,13-/m0/s1. The van der Waals surface area contributed by atoms with E-state index in [0.717, 1.165) is 16.9 Å². The van der Waals surface area contributed by atoms with Crippen molar-refractivity contribution in [1.29, 1.82) is 0 Å². The van der Waals surface area contributed by atoms with E-state index in [1.807, 2.05) is 17.5 Å². The normalized spacial score (nSPS) is 22.1. The zero-order valence-electron chi connectivity index (χ0n) is 13.1. The first-order valence-electron chi connectivity index (χ1n) is 7.25. The molecule has 10 heteroatoms. The molecule has 3 rings (SSSR count). The highest BCUT2D eigenvalue weighted by atomic mass is 32.2. The maximum Gasteiger partial charge on any atom is 0.353 e. The van der Waals surface area contributed by atoms with Gasteiger partial charge in [0.2, 0.25) is 5.91 Å². The minimum Gasteiger partial charge on any atom is -0.477 e. The summed E-state index contributed by atoms with van der Waals surface area (Å²) in [5.74, 6) is -2.90. The molecule has 0 saturated carbocycles. The summed E-state index contributed by atoms with van der Waals surface area (Å²) in [6, 6.07) is 2.85. The van der Waals surface area contributed by atoms with Crippen LogP contribution in [-0.2, 0) is 30.3 Å². The molecular formula is C15H14N2O6S2. The molecule has 132 valence electrons. The maximum absolute atomic E-state index is 12.4. The molecule has 2 aliphatic rings. The number of rotatable bonds is 5. The summed E-state index contributed by atoms with van der Waals surface area (Å²) in [4.78, 5) is 49.6. The molecule has 0 radical (unpaired) electrons. The van der Waals surface area contributed by atoms with E-state index in [2.05, 4.69) is 10.1 Å². The minimum atomic E-state index is -1.37. The van der Waals surface area contributed by atoms with Crippen LogP contribution in [0.15, 0.2) is 28.8 Å². The van der Waals surface area contributed by atoms with Gasteiger partial charge in [-0.05, 0) is 11.4 Å². The van der Waals surface area contributed by atoms with E-state index < -0.39 is 29.3 Å². The molecule has 0 aliphatic carbocycles. The van der Waals surface area contributed by atoms with Crippen LogP contribution in [-0.4, -0.2) is 58.0 Å². The van der Waals surface area contributed by atoms with Crippen LogP contribution in [0, 0.1) is 0 Å². The van der Waals surface area contributed by atoms with Crippen molar-refractivity contribution in [1.82, 2.24) is 10.2 Å². The van der Waals surface area contributed by atoms with Crippen LogP contribution in [0.5, 0.6) is 0 Å². The van der Waals surface area contributed by atoms with Crippen molar-refractivity contribution in [2.24, 2.45) is 0 Å². The monoisotopic (exact) mass is 382 g/mol. The van der Waals surface area contributed by atoms with Gasteiger partial charge >= 0.3 is 11.9 Å². The quantitative estimate of drug-likeness (QED) is 0.553. The molecule has 1 aromatic rings. The third-order valence-corrected chi connectivity index (χ3v) is 5.99. The first-order chi connectivity index (χ1) is 11.9. The second-order valence-electron chi connectivity index (χ2n) is 5.34. The van der Waals surface area contributed by atoms with E-state index >= 15 is 0 Å².